The van der Waals surface area contributed by atoms with Gasteiger partial charge in [-0.05, 0) is 113 Å². The molecule has 0 bridgehead atoms. The molecule has 636 valence electrons. The maximum absolute atomic E-state index is 14.9. The van der Waals surface area contributed by atoms with Gasteiger partial charge in [0, 0.05) is 25.8 Å². The van der Waals surface area contributed by atoms with E-state index in [0.29, 0.717) is 51.4 Å². The first-order valence-corrected chi connectivity index (χ1v) is 46.3. The molecular weight excluding hydrogens is 1430 g/mol. The summed E-state index contributed by atoms with van der Waals surface area (Å²) in [5, 5.41) is 19.8. The topological polar surface area (TPSA) is 272 Å². The molecule has 4 rings (SSSR count). The predicted octanol–water partition coefficient (Wildman–Crippen LogP) is 20.7. The van der Waals surface area contributed by atoms with Crippen LogP contribution >= 0.6 is 7.82 Å². The minimum absolute atomic E-state index is 0.0894. The first-order valence-electron chi connectivity index (χ1n) is 44.8. The number of benzene rings is 3. The summed E-state index contributed by atoms with van der Waals surface area (Å²) in [6.45, 7) is 5.37. The number of phosphoric ester groups is 1. The highest BCUT2D eigenvalue weighted by Crippen LogP contribution is 2.42. The third kappa shape index (κ3) is 51.4. The summed E-state index contributed by atoms with van der Waals surface area (Å²) in [5.74, 6) is -2.94. The molecule has 0 saturated carbocycles. The number of carbonyl (C=O) groups excluding carboxylic acids is 6. The molecule has 3 amide bonds. The van der Waals surface area contributed by atoms with Crippen LogP contribution in [0.5, 0.6) is 0 Å². The first-order chi connectivity index (χ1) is 54.6. The number of unbranched alkanes of at least 4 members (excludes halogenated alkanes) is 36. The number of hydrogen-bond donors (Lipinski definition) is 6. The van der Waals surface area contributed by atoms with Gasteiger partial charge in [0.1, 0.15) is 36.6 Å². The molecule has 1 saturated heterocycles. The minimum atomic E-state index is -5.46. The molecule has 8 atom stereocenters. The van der Waals surface area contributed by atoms with Gasteiger partial charge in [-0.3, -0.25) is 33.3 Å². The van der Waals surface area contributed by atoms with Crippen molar-refractivity contribution in [2.24, 2.45) is 0 Å². The number of esters is 3. The van der Waals surface area contributed by atoms with Crippen LogP contribution in [0.4, 0.5) is 0 Å². The fraction of sp³-hybridized carbons (Fsp3) is 0.739. The van der Waals surface area contributed by atoms with E-state index in [-0.39, 0.29) is 57.6 Å². The van der Waals surface area contributed by atoms with Crippen LogP contribution in [0.1, 0.15) is 365 Å². The Hall–Kier alpha value is -5.53. The largest absolute Gasteiger partial charge is 0.470 e. The van der Waals surface area contributed by atoms with E-state index in [1.165, 1.54) is 93.7 Å². The second-order valence-corrected chi connectivity index (χ2v) is 32.9. The van der Waals surface area contributed by atoms with Gasteiger partial charge >= 0.3 is 25.7 Å². The second kappa shape index (κ2) is 65.6. The van der Waals surface area contributed by atoms with E-state index in [4.69, 9.17) is 28.2 Å². The number of aliphatic hydroxyl groups is 1. The molecule has 6 N–H and O–H groups in total. The summed E-state index contributed by atoms with van der Waals surface area (Å²) in [6.07, 6.45) is 39.3. The number of carbonyl (C=O) groups is 6. The number of phosphoric acid groups is 1. The zero-order valence-corrected chi connectivity index (χ0v) is 70.6. The summed E-state index contributed by atoms with van der Waals surface area (Å²) in [6, 6.07) is 28.1. The van der Waals surface area contributed by atoms with Crippen LogP contribution in [0.3, 0.4) is 0 Å². The highest BCUT2D eigenvalue weighted by atomic mass is 31.2. The standard InChI is InChI=1S/C92H152N3O16P/c1-4-7-10-13-16-19-22-31-49-64-79(107-86(100)67-52-34-25-28-40-55-76-58-43-37-44-59-76)72-83(97)93-70-71-106-92-90(95-85(99)74-81(66-51-33-24-21-18-15-12-9-6-3)109-88(102)69-54-36-27-30-42-57-78-62-47-39-48-63-78)89(91(82(75-96)110-92)111-112(103,104)105)94-84(98)73-80(65-50-32-23-20-17-14-11-8-5-2)108-87(101)68-53-35-26-29-41-56-77-60-45-38-46-61-77/h37-39,43-48,58-63,79-82,89-92,96H,4-36,40-42,49-57,64-75H2,1-3H3,(H,93,97)(H,94,98)(H,95,99)(H2,103,104,105)/t79-,80-,81-,82?,89-,90?,91-,92-/m1/s1. The van der Waals surface area contributed by atoms with Crippen LogP contribution in [0, 0.1) is 0 Å². The molecule has 0 aliphatic carbocycles. The van der Waals surface area contributed by atoms with Gasteiger partial charge in [0.25, 0.3) is 0 Å². The fourth-order valence-corrected chi connectivity index (χ4v) is 15.7. The first kappa shape index (κ1) is 98.8. The zero-order valence-electron chi connectivity index (χ0n) is 69.7. The smallest absolute Gasteiger partial charge is 0.462 e. The van der Waals surface area contributed by atoms with Crippen molar-refractivity contribution in [2.75, 3.05) is 19.8 Å². The van der Waals surface area contributed by atoms with Crippen LogP contribution in [0.2, 0.25) is 0 Å². The summed E-state index contributed by atoms with van der Waals surface area (Å²) in [4.78, 5) is 106. The van der Waals surface area contributed by atoms with Crippen molar-refractivity contribution in [3.63, 3.8) is 0 Å². The minimum Gasteiger partial charge on any atom is -0.462 e. The van der Waals surface area contributed by atoms with Gasteiger partial charge in [-0.2, -0.15) is 0 Å². The van der Waals surface area contributed by atoms with Gasteiger partial charge in [-0.15, -0.1) is 0 Å². The van der Waals surface area contributed by atoms with Crippen LogP contribution < -0.4 is 16.0 Å². The Morgan fingerprint density at radius 1 is 0.393 bits per heavy atom. The molecule has 3 aromatic carbocycles. The Balaban J connectivity index is 1.58. The SMILES string of the molecule is CCCCCCCCCCC[C@H](CC(=O)NCCO[C@@H]1OC(CO)[C@@H](OP(=O)(O)O)[C@H](NC(=O)C[C@@H](CCCCCCCCCCC)OC(=O)CCCCCCCc2ccccc2)C1NC(=O)C[C@@H](CCCCCCCCCCC)OC(=O)CCCCCCCc1ccccc1)OC(=O)CCCCCCCc1ccccc1. The van der Waals surface area contributed by atoms with Gasteiger partial charge in [0.2, 0.25) is 17.7 Å². The van der Waals surface area contributed by atoms with Crippen LogP contribution in [-0.4, -0.2) is 119 Å². The van der Waals surface area contributed by atoms with E-state index >= 15 is 0 Å². The maximum Gasteiger partial charge on any atom is 0.470 e. The molecule has 1 fully saturated rings. The maximum atomic E-state index is 14.9. The van der Waals surface area contributed by atoms with Gasteiger partial charge in [0.05, 0.1) is 38.5 Å². The number of ether oxygens (including phenoxy) is 5. The molecule has 1 heterocycles. The van der Waals surface area contributed by atoms with Crippen molar-refractivity contribution in [3.05, 3.63) is 108 Å². The van der Waals surface area contributed by atoms with E-state index < -0.39 is 93.0 Å². The fourth-order valence-electron chi connectivity index (χ4n) is 15.1. The van der Waals surface area contributed by atoms with Crippen molar-refractivity contribution in [3.8, 4) is 0 Å². The molecule has 1 aliphatic rings. The number of nitrogens with one attached hydrogen (secondary N) is 3. The third-order valence-corrected chi connectivity index (χ3v) is 22.1. The lowest BCUT2D eigenvalue weighted by atomic mass is 9.93. The molecule has 1 aliphatic heterocycles. The predicted molar refractivity (Wildman–Crippen MR) is 448 cm³/mol. The number of hydrogen-bond acceptors (Lipinski definition) is 14. The molecule has 0 radical (unpaired) electrons. The van der Waals surface area contributed by atoms with Gasteiger partial charge in [-0.25, -0.2) is 4.57 Å². The Morgan fingerprint density at radius 3 is 1.01 bits per heavy atom. The lowest BCUT2D eigenvalue weighted by Gasteiger charge is -2.46. The lowest BCUT2D eigenvalue weighted by Crippen LogP contribution is -2.70. The van der Waals surface area contributed by atoms with Crippen LogP contribution in [-0.2, 0) is 80.8 Å². The highest BCUT2D eigenvalue weighted by Gasteiger charge is 2.51. The Kier molecular flexibility index (Phi) is 57.9. The molecule has 0 spiro atoms. The molecule has 0 aromatic heterocycles. The van der Waals surface area contributed by atoms with E-state index in [1.54, 1.807) is 0 Å². The molecule has 3 aromatic rings. The third-order valence-electron chi connectivity index (χ3n) is 21.6. The van der Waals surface area contributed by atoms with E-state index in [9.17, 15) is 48.2 Å². The van der Waals surface area contributed by atoms with E-state index in [0.717, 1.165) is 180 Å². The van der Waals surface area contributed by atoms with Gasteiger partial charge in [-0.1, -0.05) is 324 Å². The molecule has 112 heavy (non-hydrogen) atoms. The number of rotatable bonds is 72. The van der Waals surface area contributed by atoms with Gasteiger partial charge < -0.3 is 54.5 Å². The van der Waals surface area contributed by atoms with E-state index in [1.807, 2.05) is 42.5 Å². The normalized spacial score (nSPS) is 16.5. The second-order valence-electron chi connectivity index (χ2n) is 31.8. The average molecular weight is 1590 g/mol. The van der Waals surface area contributed by atoms with Crippen LogP contribution in [0.25, 0.3) is 0 Å². The summed E-state index contributed by atoms with van der Waals surface area (Å²) >= 11 is 0. The quantitative estimate of drug-likeness (QED) is 0.0133. The zero-order chi connectivity index (χ0) is 80.6. The number of aryl methyl sites for hydroxylation is 3. The van der Waals surface area contributed by atoms with Crippen LogP contribution in [0.15, 0.2) is 91.0 Å². The molecule has 20 heteroatoms. The van der Waals surface area contributed by atoms with E-state index in [2.05, 4.69) is 85.3 Å². The number of amides is 3. The Labute approximate surface area is 676 Å². The lowest BCUT2D eigenvalue weighted by molar-refractivity contribution is -0.247. The monoisotopic (exact) mass is 1590 g/mol. The summed E-state index contributed by atoms with van der Waals surface area (Å²) < 4.78 is 49.6. The molecule has 2 unspecified atom stereocenters. The van der Waals surface area contributed by atoms with Crippen molar-refractivity contribution < 1.29 is 76.4 Å². The Bertz CT molecular complexity index is 2890. The number of aliphatic hydroxyl groups excluding tert-OH is 1. The van der Waals surface area contributed by atoms with Crippen molar-refractivity contribution in [1.82, 2.24) is 16.0 Å². The van der Waals surface area contributed by atoms with Crippen molar-refractivity contribution >= 4 is 43.5 Å². The average Bonchev–Trinajstić information content (AvgIpc) is 0.780. The van der Waals surface area contributed by atoms with Gasteiger partial charge in [0.15, 0.2) is 6.29 Å². The molecule has 19 nitrogen and oxygen atoms in total. The molecular formula is C92H152N3O16P. The summed E-state index contributed by atoms with van der Waals surface area (Å²) in [7, 11) is -5.46. The van der Waals surface area contributed by atoms with Crippen molar-refractivity contribution in [2.45, 2.75) is 416 Å². The highest BCUT2D eigenvalue weighted by molar-refractivity contribution is 7.46. The summed E-state index contributed by atoms with van der Waals surface area (Å²) in [5.41, 5.74) is 3.91. The van der Waals surface area contributed by atoms with Crippen molar-refractivity contribution in [1.29, 1.82) is 0 Å². The Morgan fingerprint density at radius 2 is 0.688 bits per heavy atom.